The van der Waals surface area contributed by atoms with Gasteiger partial charge in [0.1, 0.15) is 17.0 Å². The van der Waals surface area contributed by atoms with E-state index in [4.69, 9.17) is 4.74 Å². The first kappa shape index (κ1) is 17.1. The van der Waals surface area contributed by atoms with E-state index in [0.29, 0.717) is 39.8 Å². The molecule has 0 bridgehead atoms. The molecule has 3 aromatic rings. The van der Waals surface area contributed by atoms with Gasteiger partial charge in [-0.25, -0.2) is 0 Å². The predicted octanol–water partition coefficient (Wildman–Crippen LogP) is 4.97. The summed E-state index contributed by atoms with van der Waals surface area (Å²) in [6.45, 7) is 3.98. The number of hydrogen-bond acceptors (Lipinski definition) is 5. The lowest BCUT2D eigenvalue weighted by Crippen LogP contribution is -2.32. The van der Waals surface area contributed by atoms with Gasteiger partial charge in [-0.3, -0.25) is 9.78 Å². The zero-order valence-corrected chi connectivity index (χ0v) is 15.1. The molecule has 6 heteroatoms. The molecule has 1 aliphatic rings. The summed E-state index contributed by atoms with van der Waals surface area (Å²) in [5.41, 5.74) is 1.19. The quantitative estimate of drug-likeness (QED) is 0.653. The number of carbonyl (C=O) groups is 1. The Morgan fingerprint density at radius 1 is 1.15 bits per heavy atom. The number of benzene rings is 2. The van der Waals surface area contributed by atoms with Gasteiger partial charge in [-0.15, -0.1) is 10.2 Å². The average Bonchev–Trinajstić information content (AvgIpc) is 2.67. The third-order valence-corrected chi connectivity index (χ3v) is 4.74. The zero-order chi connectivity index (χ0) is 19.0. The van der Waals surface area contributed by atoms with Gasteiger partial charge in [0.2, 0.25) is 0 Å². The molecule has 6 nitrogen and oxygen atoms in total. The molecule has 4 rings (SSSR count). The number of ether oxygens (including phenoxy) is 1. The highest BCUT2D eigenvalue weighted by Crippen LogP contribution is 2.49. The fourth-order valence-electron chi connectivity index (χ4n) is 3.27. The van der Waals surface area contributed by atoms with E-state index in [0.717, 1.165) is 6.42 Å². The molecule has 0 saturated heterocycles. The second-order valence-corrected chi connectivity index (χ2v) is 7.15. The monoisotopic (exact) mass is 361 g/mol. The van der Waals surface area contributed by atoms with Gasteiger partial charge in [-0.05, 0) is 38.8 Å². The summed E-state index contributed by atoms with van der Waals surface area (Å²) in [5.74, 6) is 0.239. The number of nitrogens with zero attached hydrogens (tertiary/aromatic N) is 3. The molecule has 0 atom stereocenters. The lowest BCUT2D eigenvalue weighted by atomic mass is 9.91. The molecule has 136 valence electrons. The first-order chi connectivity index (χ1) is 13.0. The standard InChI is InChI=1S/C21H19N3O3/c1-21(2)10-7-16-18(25)15-6-4-3-5-14(15)17(19(16)27-21)23-24-20(26)13-8-11-22-12-9-13/h3-6,8-9,11-12,25H,7,10H2,1-2H3. The van der Waals surface area contributed by atoms with E-state index in [2.05, 4.69) is 15.2 Å². The first-order valence-corrected chi connectivity index (χ1v) is 8.78. The van der Waals surface area contributed by atoms with E-state index in [1.165, 1.54) is 12.4 Å². The second-order valence-electron chi connectivity index (χ2n) is 7.15. The molecule has 1 aliphatic heterocycles. The number of aromatic nitrogens is 1. The predicted molar refractivity (Wildman–Crippen MR) is 102 cm³/mol. The normalized spacial score (nSPS) is 15.5. The lowest BCUT2D eigenvalue weighted by Gasteiger charge is -2.34. The highest BCUT2D eigenvalue weighted by atomic mass is 16.5. The van der Waals surface area contributed by atoms with E-state index in [-0.39, 0.29) is 11.4 Å². The molecular formula is C21H19N3O3. The maximum atomic E-state index is 12.3. The SMILES string of the molecule is CC1(C)CCc2c(c(N=NC(=O)c3ccncc3)c3ccccc3c2O)O1. The van der Waals surface area contributed by atoms with Gasteiger partial charge < -0.3 is 9.84 Å². The lowest BCUT2D eigenvalue weighted by molar-refractivity contribution is 0.0847. The molecular weight excluding hydrogens is 342 g/mol. The number of amides is 1. The van der Waals surface area contributed by atoms with Crippen molar-refractivity contribution in [1.82, 2.24) is 4.98 Å². The molecule has 1 N–H and O–H groups in total. The Morgan fingerprint density at radius 3 is 2.59 bits per heavy atom. The Morgan fingerprint density at radius 2 is 1.85 bits per heavy atom. The van der Waals surface area contributed by atoms with Crippen LogP contribution >= 0.6 is 0 Å². The third kappa shape index (κ3) is 3.14. The average molecular weight is 361 g/mol. The maximum absolute atomic E-state index is 12.3. The van der Waals surface area contributed by atoms with E-state index < -0.39 is 5.91 Å². The van der Waals surface area contributed by atoms with Crippen LogP contribution in [-0.4, -0.2) is 21.6 Å². The molecule has 1 amide bonds. The summed E-state index contributed by atoms with van der Waals surface area (Å²) in [6, 6.07) is 10.5. The second kappa shape index (κ2) is 6.46. The van der Waals surface area contributed by atoms with Crippen LogP contribution in [0.5, 0.6) is 11.5 Å². The van der Waals surface area contributed by atoms with Crippen molar-refractivity contribution in [2.45, 2.75) is 32.3 Å². The van der Waals surface area contributed by atoms with Crippen LogP contribution < -0.4 is 4.74 Å². The molecule has 2 heterocycles. The van der Waals surface area contributed by atoms with E-state index in [1.54, 1.807) is 12.1 Å². The number of aromatic hydroxyl groups is 1. The number of rotatable bonds is 2. The molecule has 0 fully saturated rings. The molecule has 0 saturated carbocycles. The van der Waals surface area contributed by atoms with Crippen LogP contribution in [0.4, 0.5) is 5.69 Å². The minimum atomic E-state index is -0.460. The van der Waals surface area contributed by atoms with Crippen molar-refractivity contribution in [3.63, 3.8) is 0 Å². The smallest absolute Gasteiger partial charge is 0.295 e. The molecule has 2 aromatic carbocycles. The summed E-state index contributed by atoms with van der Waals surface area (Å²) in [7, 11) is 0. The molecule has 27 heavy (non-hydrogen) atoms. The minimum absolute atomic E-state index is 0.204. The first-order valence-electron chi connectivity index (χ1n) is 8.78. The maximum Gasteiger partial charge on any atom is 0.295 e. The van der Waals surface area contributed by atoms with Crippen LogP contribution in [0.25, 0.3) is 10.8 Å². The molecule has 0 spiro atoms. The van der Waals surface area contributed by atoms with Gasteiger partial charge in [0.15, 0.2) is 5.75 Å². The largest absolute Gasteiger partial charge is 0.507 e. The highest BCUT2D eigenvalue weighted by Gasteiger charge is 2.32. The van der Waals surface area contributed by atoms with Crippen molar-refractivity contribution in [3.05, 3.63) is 59.9 Å². The van der Waals surface area contributed by atoms with Gasteiger partial charge in [-0.2, -0.15) is 0 Å². The van der Waals surface area contributed by atoms with Gasteiger partial charge in [0.05, 0.1) is 0 Å². The van der Waals surface area contributed by atoms with Crippen LogP contribution in [0.1, 0.15) is 36.2 Å². The van der Waals surface area contributed by atoms with Crippen LogP contribution in [0.3, 0.4) is 0 Å². The van der Waals surface area contributed by atoms with Gasteiger partial charge >= 0.3 is 0 Å². The summed E-state index contributed by atoms with van der Waals surface area (Å²) >= 11 is 0. The van der Waals surface area contributed by atoms with Gasteiger partial charge in [0.25, 0.3) is 5.91 Å². The minimum Gasteiger partial charge on any atom is -0.507 e. The van der Waals surface area contributed by atoms with Crippen molar-refractivity contribution in [2.75, 3.05) is 0 Å². The number of hydrogen-bond donors (Lipinski definition) is 1. The molecule has 1 aromatic heterocycles. The topological polar surface area (TPSA) is 84.1 Å². The summed E-state index contributed by atoms with van der Waals surface area (Å²) in [6.07, 6.45) is 4.51. The molecule has 0 aliphatic carbocycles. The fourth-order valence-corrected chi connectivity index (χ4v) is 3.27. The number of carbonyl (C=O) groups excluding carboxylic acids is 1. The Bertz CT molecular complexity index is 1060. The van der Waals surface area contributed by atoms with Crippen molar-refractivity contribution in [1.29, 1.82) is 0 Å². The van der Waals surface area contributed by atoms with Gasteiger partial charge in [0, 0.05) is 34.3 Å². The van der Waals surface area contributed by atoms with Crippen LogP contribution in [-0.2, 0) is 6.42 Å². The number of azo groups is 1. The number of pyridine rings is 1. The van der Waals surface area contributed by atoms with E-state index >= 15 is 0 Å². The molecule has 0 unspecified atom stereocenters. The van der Waals surface area contributed by atoms with Gasteiger partial charge in [-0.1, -0.05) is 24.3 Å². The van der Waals surface area contributed by atoms with Crippen molar-refractivity contribution in [3.8, 4) is 11.5 Å². The van der Waals surface area contributed by atoms with Crippen LogP contribution in [0.15, 0.2) is 59.0 Å². The summed E-state index contributed by atoms with van der Waals surface area (Å²) < 4.78 is 6.14. The van der Waals surface area contributed by atoms with E-state index in [9.17, 15) is 9.90 Å². The number of phenols is 1. The summed E-state index contributed by atoms with van der Waals surface area (Å²) in [4.78, 5) is 16.2. The Hall–Kier alpha value is -3.28. The van der Waals surface area contributed by atoms with Crippen molar-refractivity contribution < 1.29 is 14.6 Å². The zero-order valence-electron chi connectivity index (χ0n) is 15.1. The highest BCUT2D eigenvalue weighted by molar-refractivity contribution is 6.01. The fraction of sp³-hybridized carbons (Fsp3) is 0.238. The number of phenolic OH excluding ortho intramolecular Hbond substituents is 1. The Kier molecular flexibility index (Phi) is 4.11. The van der Waals surface area contributed by atoms with Crippen LogP contribution in [0, 0.1) is 0 Å². The third-order valence-electron chi connectivity index (χ3n) is 4.74. The number of fused-ring (bicyclic) bond motifs is 2. The molecule has 0 radical (unpaired) electrons. The summed E-state index contributed by atoms with van der Waals surface area (Å²) in [5, 5.41) is 20.2. The van der Waals surface area contributed by atoms with Crippen molar-refractivity contribution >= 4 is 22.4 Å². The van der Waals surface area contributed by atoms with E-state index in [1.807, 2.05) is 38.1 Å². The Balaban J connectivity index is 1.87. The van der Waals surface area contributed by atoms with Crippen molar-refractivity contribution in [2.24, 2.45) is 10.2 Å². The van der Waals surface area contributed by atoms with Crippen LogP contribution in [0.2, 0.25) is 0 Å². The Labute approximate surface area is 156 Å².